The molecule has 0 bridgehead atoms. The van der Waals surface area contributed by atoms with Crippen LogP contribution in [0, 0.1) is 5.82 Å². The Morgan fingerprint density at radius 1 is 1.12 bits per heavy atom. The Kier molecular flexibility index (Phi) is 6.16. The van der Waals surface area contributed by atoms with E-state index in [1.54, 1.807) is 12.1 Å². The molecule has 0 atom stereocenters. The van der Waals surface area contributed by atoms with Gasteiger partial charge in [-0.25, -0.2) is 4.39 Å². The fraction of sp³-hybridized carbons (Fsp3) is 0.263. The number of hydrogen-bond donors (Lipinski definition) is 0. The van der Waals surface area contributed by atoms with Crippen LogP contribution in [0.3, 0.4) is 0 Å². The van der Waals surface area contributed by atoms with Crippen molar-refractivity contribution < 1.29 is 9.13 Å². The summed E-state index contributed by atoms with van der Waals surface area (Å²) >= 11 is 7.52. The van der Waals surface area contributed by atoms with E-state index in [4.69, 9.17) is 16.3 Å². The van der Waals surface area contributed by atoms with Crippen LogP contribution in [-0.4, -0.2) is 21.4 Å². The van der Waals surface area contributed by atoms with Crippen molar-refractivity contribution in [2.24, 2.45) is 0 Å². The SMILES string of the molecule is CCOc1ccc(-c2nnc(SCc3c(F)cccc3Cl)n2CC)cc1. The first kappa shape index (κ1) is 18.7. The molecule has 0 aliphatic carbocycles. The molecule has 0 N–H and O–H groups in total. The van der Waals surface area contributed by atoms with E-state index < -0.39 is 0 Å². The zero-order chi connectivity index (χ0) is 18.5. The first-order valence-corrected chi connectivity index (χ1v) is 9.72. The Bertz CT molecular complexity index is 863. The first-order chi connectivity index (χ1) is 12.6. The van der Waals surface area contributed by atoms with Crippen molar-refractivity contribution in [2.45, 2.75) is 31.3 Å². The van der Waals surface area contributed by atoms with Gasteiger partial charge in [-0.3, -0.25) is 0 Å². The Morgan fingerprint density at radius 3 is 2.54 bits per heavy atom. The minimum Gasteiger partial charge on any atom is -0.494 e. The van der Waals surface area contributed by atoms with Crippen LogP contribution < -0.4 is 4.74 Å². The highest BCUT2D eigenvalue weighted by Crippen LogP contribution is 2.30. The molecule has 26 heavy (non-hydrogen) atoms. The van der Waals surface area contributed by atoms with Gasteiger partial charge in [0, 0.05) is 28.4 Å². The summed E-state index contributed by atoms with van der Waals surface area (Å²) in [5, 5.41) is 9.75. The van der Waals surface area contributed by atoms with E-state index in [0.29, 0.717) is 29.5 Å². The van der Waals surface area contributed by atoms with Crippen LogP contribution in [0.4, 0.5) is 4.39 Å². The molecule has 7 heteroatoms. The van der Waals surface area contributed by atoms with Gasteiger partial charge in [0.1, 0.15) is 11.6 Å². The number of rotatable bonds is 7. The number of aromatic nitrogens is 3. The molecule has 136 valence electrons. The number of halogens is 2. The first-order valence-electron chi connectivity index (χ1n) is 8.36. The third-order valence-electron chi connectivity index (χ3n) is 3.86. The summed E-state index contributed by atoms with van der Waals surface area (Å²) in [7, 11) is 0. The summed E-state index contributed by atoms with van der Waals surface area (Å²) in [6.07, 6.45) is 0. The molecule has 4 nitrogen and oxygen atoms in total. The number of thioether (sulfide) groups is 1. The maximum Gasteiger partial charge on any atom is 0.191 e. The van der Waals surface area contributed by atoms with Crippen LogP contribution in [0.2, 0.25) is 5.02 Å². The minimum absolute atomic E-state index is 0.306. The summed E-state index contributed by atoms with van der Waals surface area (Å²) in [5.41, 5.74) is 1.44. The quantitative estimate of drug-likeness (QED) is 0.502. The van der Waals surface area contributed by atoms with Crippen LogP contribution in [0.1, 0.15) is 19.4 Å². The van der Waals surface area contributed by atoms with E-state index in [0.717, 1.165) is 22.3 Å². The second-order valence-electron chi connectivity index (χ2n) is 5.50. The van der Waals surface area contributed by atoms with Crippen molar-refractivity contribution in [3.63, 3.8) is 0 Å². The van der Waals surface area contributed by atoms with E-state index in [1.807, 2.05) is 42.7 Å². The lowest BCUT2D eigenvalue weighted by Crippen LogP contribution is -2.00. The van der Waals surface area contributed by atoms with E-state index >= 15 is 0 Å². The molecule has 3 aromatic rings. The van der Waals surface area contributed by atoms with E-state index in [-0.39, 0.29) is 5.82 Å². The van der Waals surface area contributed by atoms with Gasteiger partial charge >= 0.3 is 0 Å². The molecule has 0 saturated heterocycles. The Balaban J connectivity index is 1.82. The van der Waals surface area contributed by atoms with E-state index in [2.05, 4.69) is 10.2 Å². The largest absolute Gasteiger partial charge is 0.494 e. The third kappa shape index (κ3) is 4.02. The van der Waals surface area contributed by atoms with Gasteiger partial charge in [0.25, 0.3) is 0 Å². The Labute approximate surface area is 161 Å². The highest BCUT2D eigenvalue weighted by Gasteiger charge is 2.15. The fourth-order valence-electron chi connectivity index (χ4n) is 2.57. The molecule has 1 aromatic heterocycles. The van der Waals surface area contributed by atoms with Gasteiger partial charge in [-0.05, 0) is 50.2 Å². The molecule has 2 aromatic carbocycles. The molecular weight excluding hydrogens is 373 g/mol. The molecule has 0 spiro atoms. The predicted octanol–water partition coefficient (Wildman–Crippen LogP) is 5.45. The number of benzene rings is 2. The minimum atomic E-state index is -0.306. The summed E-state index contributed by atoms with van der Waals surface area (Å²) in [6, 6.07) is 12.5. The summed E-state index contributed by atoms with van der Waals surface area (Å²) in [5.74, 6) is 1.69. The molecule has 1 heterocycles. The predicted molar refractivity (Wildman–Crippen MR) is 103 cm³/mol. The molecule has 0 unspecified atom stereocenters. The molecule has 0 radical (unpaired) electrons. The van der Waals surface area contributed by atoms with Gasteiger partial charge in [-0.2, -0.15) is 0 Å². The van der Waals surface area contributed by atoms with E-state index in [1.165, 1.54) is 17.8 Å². The van der Waals surface area contributed by atoms with Crippen LogP contribution in [-0.2, 0) is 12.3 Å². The van der Waals surface area contributed by atoms with Crippen molar-refractivity contribution in [1.82, 2.24) is 14.8 Å². The number of nitrogens with zero attached hydrogens (tertiary/aromatic N) is 3. The van der Waals surface area contributed by atoms with Crippen molar-refractivity contribution in [3.8, 4) is 17.1 Å². The number of hydrogen-bond acceptors (Lipinski definition) is 4. The molecule has 0 fully saturated rings. The van der Waals surface area contributed by atoms with Gasteiger partial charge in [0.2, 0.25) is 0 Å². The molecule has 0 aliphatic heterocycles. The van der Waals surface area contributed by atoms with Crippen LogP contribution in [0.5, 0.6) is 5.75 Å². The highest BCUT2D eigenvalue weighted by molar-refractivity contribution is 7.98. The van der Waals surface area contributed by atoms with Crippen molar-refractivity contribution in [1.29, 1.82) is 0 Å². The van der Waals surface area contributed by atoms with Crippen molar-refractivity contribution in [3.05, 3.63) is 58.9 Å². The third-order valence-corrected chi connectivity index (χ3v) is 5.21. The standard InChI is InChI=1S/C19H19ClFN3OS/c1-3-24-18(13-8-10-14(11-9-13)25-4-2)22-23-19(24)26-12-15-16(20)6-5-7-17(15)21/h5-11H,3-4,12H2,1-2H3. The molecule has 0 amide bonds. The number of ether oxygens (including phenoxy) is 1. The lowest BCUT2D eigenvalue weighted by atomic mass is 10.2. The van der Waals surface area contributed by atoms with Crippen LogP contribution in [0.15, 0.2) is 47.6 Å². The van der Waals surface area contributed by atoms with Crippen molar-refractivity contribution >= 4 is 23.4 Å². The highest BCUT2D eigenvalue weighted by atomic mass is 35.5. The topological polar surface area (TPSA) is 39.9 Å². The zero-order valence-corrected chi connectivity index (χ0v) is 16.1. The van der Waals surface area contributed by atoms with Gasteiger partial charge in [0.05, 0.1) is 6.61 Å². The Morgan fingerprint density at radius 2 is 1.88 bits per heavy atom. The summed E-state index contributed by atoms with van der Waals surface area (Å²) in [4.78, 5) is 0. The van der Waals surface area contributed by atoms with E-state index in [9.17, 15) is 4.39 Å². The monoisotopic (exact) mass is 391 g/mol. The van der Waals surface area contributed by atoms with Crippen LogP contribution in [0.25, 0.3) is 11.4 Å². The van der Waals surface area contributed by atoms with Gasteiger partial charge < -0.3 is 9.30 Å². The maximum atomic E-state index is 14.0. The smallest absolute Gasteiger partial charge is 0.191 e. The van der Waals surface area contributed by atoms with Gasteiger partial charge in [-0.15, -0.1) is 10.2 Å². The normalized spacial score (nSPS) is 10.9. The van der Waals surface area contributed by atoms with Crippen molar-refractivity contribution in [2.75, 3.05) is 6.61 Å². The molecule has 3 rings (SSSR count). The summed E-state index contributed by atoms with van der Waals surface area (Å²) in [6.45, 7) is 5.32. The second kappa shape index (κ2) is 8.56. The van der Waals surface area contributed by atoms with Gasteiger partial charge in [0.15, 0.2) is 11.0 Å². The maximum absolute atomic E-state index is 14.0. The van der Waals surface area contributed by atoms with Crippen LogP contribution >= 0.6 is 23.4 Å². The average molecular weight is 392 g/mol. The fourth-order valence-corrected chi connectivity index (χ4v) is 3.91. The lowest BCUT2D eigenvalue weighted by molar-refractivity contribution is 0.340. The molecule has 0 saturated carbocycles. The molecule has 0 aliphatic rings. The Hall–Kier alpha value is -2.05. The van der Waals surface area contributed by atoms with Gasteiger partial charge in [-0.1, -0.05) is 29.4 Å². The summed E-state index contributed by atoms with van der Waals surface area (Å²) < 4.78 is 21.4. The zero-order valence-electron chi connectivity index (χ0n) is 14.6. The second-order valence-corrected chi connectivity index (χ2v) is 6.85. The molecular formula is C19H19ClFN3OS. The average Bonchev–Trinajstić information content (AvgIpc) is 3.05. The lowest BCUT2D eigenvalue weighted by Gasteiger charge is -2.09.